The SMILES string of the molecule is CC(C)C[C@H](NC(=O)[C@H](C)N)C(=O)N[C@@H](CC(C)C)C(=O)N[C@@H](CCC(=O)O)C(=O)N[C@H](C(=O)N[C@@H](Cc1ccc(O)cc1)C(=O)N[C@@H](CS)C(=O)N[C@@H](C)C(=O)N[C@H](C(=O)N1CCC[C@H]1C(=O)N[C@@H](C)C(=O)N[C@@H](CCCCN)C(=O)N[C@@H](CO)C(=O)N[C@@H](CCC(=O)O)C(=O)O)[C@@H](C)O)[C@@H](C)O. The molecule has 13 amide bonds. The number of aliphatic hydroxyl groups excluding tert-OH is 3. The largest absolute Gasteiger partial charge is 0.508 e. The van der Waals surface area contributed by atoms with Crippen LogP contribution in [0.3, 0.4) is 0 Å². The number of hydrogen-bond donors (Lipinski definition) is 22. The van der Waals surface area contributed by atoms with Gasteiger partial charge in [-0.15, -0.1) is 0 Å². The van der Waals surface area contributed by atoms with Crippen molar-refractivity contribution in [1.82, 2.24) is 68.7 Å². The van der Waals surface area contributed by atoms with Gasteiger partial charge in [-0.2, -0.15) is 12.6 Å². The van der Waals surface area contributed by atoms with Crippen molar-refractivity contribution in [2.75, 3.05) is 25.4 Å². The van der Waals surface area contributed by atoms with Crippen LogP contribution in [0.2, 0.25) is 0 Å². The van der Waals surface area contributed by atoms with Crippen LogP contribution in [0.25, 0.3) is 0 Å². The van der Waals surface area contributed by atoms with Crippen LogP contribution < -0.4 is 75.3 Å². The second-order valence-corrected chi connectivity index (χ2v) is 26.7. The molecule has 1 fully saturated rings. The van der Waals surface area contributed by atoms with Gasteiger partial charge in [-0.3, -0.25) is 71.9 Å². The third kappa shape index (κ3) is 31.3. The Hall–Kier alpha value is -9.31. The van der Waals surface area contributed by atoms with E-state index in [1.807, 2.05) is 0 Å². The summed E-state index contributed by atoms with van der Waals surface area (Å²) in [5.41, 5.74) is 11.7. The van der Waals surface area contributed by atoms with E-state index in [0.717, 1.165) is 18.7 Å². The zero-order chi connectivity index (χ0) is 79.0. The number of phenolic OH excluding ortho intramolecular Hbond substituents is 1. The monoisotopic (exact) mass is 1500 g/mol. The normalized spacial score (nSPS) is 17.0. The quantitative estimate of drug-likeness (QED) is 0.0213. The van der Waals surface area contributed by atoms with Gasteiger partial charge in [0.05, 0.1) is 24.9 Å². The van der Waals surface area contributed by atoms with Crippen molar-refractivity contribution in [3.05, 3.63) is 29.8 Å². The predicted molar refractivity (Wildman–Crippen MR) is 372 cm³/mol. The molecule has 0 radical (unpaired) electrons. The Morgan fingerprint density at radius 2 is 0.904 bits per heavy atom. The minimum Gasteiger partial charge on any atom is -0.508 e. The van der Waals surface area contributed by atoms with E-state index in [4.69, 9.17) is 16.6 Å². The summed E-state index contributed by atoms with van der Waals surface area (Å²) in [7, 11) is 0. The van der Waals surface area contributed by atoms with Gasteiger partial charge in [-0.05, 0) is 128 Å². The maximum Gasteiger partial charge on any atom is 0.326 e. The predicted octanol–water partition coefficient (Wildman–Crippen LogP) is -6.15. The van der Waals surface area contributed by atoms with Crippen molar-refractivity contribution in [2.45, 2.75) is 236 Å². The molecule has 23 N–H and O–H groups in total. The summed E-state index contributed by atoms with van der Waals surface area (Å²) in [4.78, 5) is 214. The molecule has 104 heavy (non-hydrogen) atoms. The first-order valence-corrected chi connectivity index (χ1v) is 34.7. The molecule has 0 aliphatic carbocycles. The minimum absolute atomic E-state index is 0.0108. The lowest BCUT2D eigenvalue weighted by molar-refractivity contribution is -0.144. The van der Waals surface area contributed by atoms with Crippen LogP contribution in [0.4, 0.5) is 0 Å². The average molecular weight is 1500 g/mol. The number of carboxylic acids is 3. The van der Waals surface area contributed by atoms with Crippen LogP contribution in [0, 0.1) is 11.8 Å². The summed E-state index contributed by atoms with van der Waals surface area (Å²) < 4.78 is 0. The number of thiol groups is 1. The zero-order valence-electron chi connectivity index (χ0n) is 59.7. The third-order valence-corrected chi connectivity index (χ3v) is 16.7. The first-order chi connectivity index (χ1) is 48.7. The molecular weight excluding hydrogens is 1390 g/mol. The Labute approximate surface area is 606 Å². The Balaban J connectivity index is 2.32. The van der Waals surface area contributed by atoms with Crippen molar-refractivity contribution >= 4 is 107 Å². The van der Waals surface area contributed by atoms with Crippen LogP contribution in [0.5, 0.6) is 5.75 Å². The van der Waals surface area contributed by atoms with Crippen LogP contribution in [-0.2, 0) is 83.1 Å². The second kappa shape index (κ2) is 45.0. The van der Waals surface area contributed by atoms with Gasteiger partial charge < -0.3 is 116 Å². The summed E-state index contributed by atoms with van der Waals surface area (Å²) in [6.07, 6.45) is -5.31. The number of carbonyl (C=O) groups excluding carboxylic acids is 13. The van der Waals surface area contributed by atoms with Crippen LogP contribution in [-0.4, -0.2) is 258 Å². The fraction of sp³-hybridized carbons (Fsp3) is 0.662. The molecule has 1 saturated heterocycles. The van der Waals surface area contributed by atoms with Crippen LogP contribution in [0.15, 0.2) is 24.3 Å². The number of nitrogens with two attached hydrogens (primary N) is 2. The first-order valence-electron chi connectivity index (χ1n) is 34.1. The smallest absolute Gasteiger partial charge is 0.326 e. The van der Waals surface area contributed by atoms with E-state index >= 15 is 0 Å². The van der Waals surface area contributed by atoms with Gasteiger partial charge in [-0.25, -0.2) is 4.79 Å². The van der Waals surface area contributed by atoms with Gasteiger partial charge in [0.1, 0.15) is 84.3 Å². The van der Waals surface area contributed by atoms with Gasteiger partial charge >= 0.3 is 17.9 Å². The molecule has 584 valence electrons. The molecule has 0 aromatic heterocycles. The molecular formula is C65H105N15O23S. The number of aliphatic carboxylic acids is 3. The van der Waals surface area contributed by atoms with E-state index in [9.17, 15) is 107 Å². The van der Waals surface area contributed by atoms with E-state index in [1.54, 1.807) is 27.7 Å². The number of unbranched alkanes of at least 4 members (excludes halogenated alkanes) is 1. The molecule has 16 atom stereocenters. The number of carboxylic acid groups (broad SMARTS) is 3. The molecule has 2 rings (SSSR count). The van der Waals surface area contributed by atoms with E-state index in [2.05, 4.69) is 76.4 Å². The van der Waals surface area contributed by atoms with E-state index in [-0.39, 0.29) is 75.6 Å². The number of nitrogens with one attached hydrogen (secondary N) is 12. The number of aromatic hydroxyl groups is 1. The highest BCUT2D eigenvalue weighted by atomic mass is 32.1. The zero-order valence-corrected chi connectivity index (χ0v) is 60.6. The summed E-state index contributed by atoms with van der Waals surface area (Å²) in [5.74, 6) is -18.3. The molecule has 0 bridgehead atoms. The van der Waals surface area contributed by atoms with E-state index < -0.39 is 230 Å². The third-order valence-electron chi connectivity index (χ3n) is 16.3. The van der Waals surface area contributed by atoms with Gasteiger partial charge in [0.25, 0.3) is 0 Å². The lowest BCUT2D eigenvalue weighted by Gasteiger charge is -2.31. The number of likely N-dealkylation sites (tertiary alicyclic amines) is 1. The fourth-order valence-corrected chi connectivity index (χ4v) is 10.7. The molecule has 0 saturated carbocycles. The number of carbonyl (C=O) groups is 16. The topological polar surface area (TPSA) is 614 Å². The molecule has 0 spiro atoms. The highest BCUT2D eigenvalue weighted by molar-refractivity contribution is 7.80. The number of aliphatic hydroxyl groups is 3. The molecule has 1 aromatic carbocycles. The Bertz CT molecular complexity index is 3140. The number of phenols is 1. The van der Waals surface area contributed by atoms with E-state index in [1.165, 1.54) is 45.0 Å². The molecule has 0 unspecified atom stereocenters. The number of nitrogens with zero attached hydrogens (tertiary/aromatic N) is 1. The van der Waals surface area contributed by atoms with Gasteiger partial charge in [-0.1, -0.05) is 39.8 Å². The van der Waals surface area contributed by atoms with Crippen molar-refractivity contribution in [3.8, 4) is 5.75 Å². The molecule has 1 heterocycles. The Morgan fingerprint density at radius 1 is 0.490 bits per heavy atom. The standard InChI is InChI=1S/C65H105N15O23S/c1-30(2)25-42(73-52(89)32(5)67)58(95)74-43(26-31(3)4)57(94)71-40(19-21-48(85)86)56(93)78-50(35(8)82)63(100)75-44(27-37-15-17-38(84)18-16-37)59(96)77-46(29-104)61(98)68-34(7)54(91)79-51(36(9)83)64(101)80-24-12-14-47(80)62(99)69-33(6)53(90)70-39(13-10-11-23-66)55(92)76-45(28-81)60(97)72-41(65(102)103)20-22-49(87)88/h15-18,30-36,39-47,50-51,81-84,104H,10-14,19-29,66-67H2,1-9H3,(H,68,98)(H,69,99)(H,70,90)(H,71,94)(H,72,97)(H,73,89)(H,74,95)(H,75,100)(H,76,92)(H,77,96)(H,78,93)(H,79,91)(H,85,86)(H,87,88)(H,102,103)/t32-,33-,34-,35+,36+,39-,40-,41-,42-,43-,44-,45-,46-,47-,50-,51-/m0/s1. The number of hydrogen-bond acceptors (Lipinski definition) is 23. The van der Waals surface area contributed by atoms with Crippen molar-refractivity contribution in [1.29, 1.82) is 0 Å². The van der Waals surface area contributed by atoms with Gasteiger partial charge in [0.15, 0.2) is 0 Å². The minimum atomic E-state index is -1.94. The molecule has 1 aromatic rings. The van der Waals surface area contributed by atoms with Crippen molar-refractivity contribution in [2.24, 2.45) is 23.3 Å². The molecule has 1 aliphatic heterocycles. The number of rotatable bonds is 46. The molecule has 39 heteroatoms. The lowest BCUT2D eigenvalue weighted by Crippen LogP contribution is -2.62. The maximum atomic E-state index is 14.3. The maximum absolute atomic E-state index is 14.3. The number of amides is 13. The summed E-state index contributed by atoms with van der Waals surface area (Å²) >= 11 is 4.22. The van der Waals surface area contributed by atoms with Gasteiger partial charge in [0, 0.05) is 31.6 Å². The lowest BCUT2D eigenvalue weighted by atomic mass is 9.99. The van der Waals surface area contributed by atoms with Crippen molar-refractivity contribution in [3.63, 3.8) is 0 Å². The summed E-state index contributed by atoms with van der Waals surface area (Å²) in [5, 5.41) is 98.6. The van der Waals surface area contributed by atoms with Gasteiger partial charge in [0.2, 0.25) is 76.8 Å². The van der Waals surface area contributed by atoms with E-state index in [0.29, 0.717) is 12.0 Å². The first kappa shape index (κ1) is 90.8. The molecule has 38 nitrogen and oxygen atoms in total. The highest BCUT2D eigenvalue weighted by Crippen LogP contribution is 2.21. The fourth-order valence-electron chi connectivity index (χ4n) is 10.5. The van der Waals surface area contributed by atoms with Crippen molar-refractivity contribution < 1.29 is 112 Å². The van der Waals surface area contributed by atoms with Crippen LogP contribution >= 0.6 is 12.6 Å². The summed E-state index contributed by atoms with van der Waals surface area (Å²) in [6, 6.07) is -16.0. The Morgan fingerprint density at radius 3 is 1.40 bits per heavy atom. The molecule has 1 aliphatic rings. The average Bonchev–Trinajstić information content (AvgIpc) is 1.60. The van der Waals surface area contributed by atoms with Crippen LogP contribution in [0.1, 0.15) is 139 Å². The number of benzene rings is 1. The second-order valence-electron chi connectivity index (χ2n) is 26.4. The highest BCUT2D eigenvalue weighted by Gasteiger charge is 2.42. The Kier molecular flexibility index (Phi) is 39.3. The summed E-state index contributed by atoms with van der Waals surface area (Å²) in [6.45, 7) is 12.2.